The van der Waals surface area contributed by atoms with Crippen LogP contribution >= 0.6 is 11.3 Å². The Morgan fingerprint density at radius 3 is 2.54 bits per heavy atom. The summed E-state index contributed by atoms with van der Waals surface area (Å²) in [6, 6.07) is 17.1. The Hall–Kier alpha value is -2.61. The van der Waals surface area contributed by atoms with E-state index >= 15 is 0 Å². The van der Waals surface area contributed by atoms with Gasteiger partial charge < -0.3 is 10.0 Å². The number of carbonyl (C=O) groups is 1. The number of aryl methyl sites for hydroxylation is 1. The zero-order valence-electron chi connectivity index (χ0n) is 24.1. The van der Waals surface area contributed by atoms with Crippen LogP contribution in [0.4, 0.5) is 4.39 Å². The third-order valence-electron chi connectivity index (χ3n) is 9.48. The van der Waals surface area contributed by atoms with Crippen molar-refractivity contribution in [1.29, 1.82) is 0 Å². The summed E-state index contributed by atoms with van der Waals surface area (Å²) < 4.78 is 14.2. The van der Waals surface area contributed by atoms with Gasteiger partial charge in [0.05, 0.1) is 10.7 Å². The van der Waals surface area contributed by atoms with Gasteiger partial charge in [-0.05, 0) is 79.8 Å². The quantitative estimate of drug-likeness (QED) is 0.280. The lowest BCUT2D eigenvalue weighted by Gasteiger charge is -2.34. The minimum atomic E-state index is -0.709. The standard InChI is InChI=1S/C34H42FN3O2S/c1-2-30-33(41-32(36-30)18-23-7-4-3-5-8-23)25-13-15-37(16-14-25)20-27-21-38(31(34(39)40)17-24-11-12-24)22-29(27)26-9-6-10-28(35)19-26/h3-10,19,24-25,27,29,31H,2,11-18,20-22H2,1H3,(H,39,40)/t27-,29+,31+/m0/s1. The van der Waals surface area contributed by atoms with E-state index in [4.69, 9.17) is 4.98 Å². The van der Waals surface area contributed by atoms with Gasteiger partial charge in [0.2, 0.25) is 0 Å². The van der Waals surface area contributed by atoms with Gasteiger partial charge in [0.1, 0.15) is 11.9 Å². The summed E-state index contributed by atoms with van der Waals surface area (Å²) in [6.07, 6.45) is 7.16. The van der Waals surface area contributed by atoms with Crippen LogP contribution in [0.1, 0.15) is 77.6 Å². The predicted molar refractivity (Wildman–Crippen MR) is 162 cm³/mol. The number of aliphatic carboxylic acids is 1. The summed E-state index contributed by atoms with van der Waals surface area (Å²) in [5, 5.41) is 11.3. The number of nitrogens with zero attached hydrogens (tertiary/aromatic N) is 3. The summed E-state index contributed by atoms with van der Waals surface area (Å²) in [5.74, 6) is 0.627. The molecule has 7 heteroatoms. The molecule has 3 aromatic rings. The normalized spacial score (nSPS) is 23.2. The van der Waals surface area contributed by atoms with Gasteiger partial charge in [-0.25, -0.2) is 9.37 Å². The number of benzene rings is 2. The van der Waals surface area contributed by atoms with Crippen molar-refractivity contribution in [3.63, 3.8) is 0 Å². The molecule has 0 spiro atoms. The molecular weight excluding hydrogens is 533 g/mol. The molecule has 0 bridgehead atoms. The average molecular weight is 576 g/mol. The molecule has 1 N–H and O–H groups in total. The van der Waals surface area contributed by atoms with E-state index in [0.717, 1.165) is 76.7 Å². The van der Waals surface area contributed by atoms with Gasteiger partial charge in [0, 0.05) is 36.9 Å². The summed E-state index contributed by atoms with van der Waals surface area (Å²) in [6.45, 7) is 6.68. The number of thiazole rings is 1. The van der Waals surface area contributed by atoms with E-state index in [1.807, 2.05) is 17.4 Å². The summed E-state index contributed by atoms with van der Waals surface area (Å²) in [4.78, 5) is 23.5. The second-order valence-electron chi connectivity index (χ2n) is 12.4. The molecule has 1 aromatic heterocycles. The molecule has 0 unspecified atom stereocenters. The molecule has 0 radical (unpaired) electrons. The maximum atomic E-state index is 14.2. The highest BCUT2D eigenvalue weighted by Crippen LogP contribution is 2.41. The van der Waals surface area contributed by atoms with E-state index in [1.165, 1.54) is 27.2 Å². The van der Waals surface area contributed by atoms with Gasteiger partial charge in [-0.3, -0.25) is 9.69 Å². The first-order valence-electron chi connectivity index (χ1n) is 15.4. The van der Waals surface area contributed by atoms with Crippen LogP contribution < -0.4 is 0 Å². The maximum absolute atomic E-state index is 14.2. The molecule has 2 saturated heterocycles. The Balaban J connectivity index is 1.12. The van der Waals surface area contributed by atoms with Crippen molar-refractivity contribution < 1.29 is 14.3 Å². The van der Waals surface area contributed by atoms with E-state index in [-0.39, 0.29) is 11.7 Å². The number of halogens is 1. The minimum absolute atomic E-state index is 0.151. The Morgan fingerprint density at radius 2 is 1.85 bits per heavy atom. The van der Waals surface area contributed by atoms with Crippen LogP contribution in [0.5, 0.6) is 0 Å². The van der Waals surface area contributed by atoms with Gasteiger partial charge in [-0.2, -0.15) is 0 Å². The molecule has 3 fully saturated rings. The first-order valence-corrected chi connectivity index (χ1v) is 16.3. The summed E-state index contributed by atoms with van der Waals surface area (Å²) in [5.41, 5.74) is 3.59. The van der Waals surface area contributed by atoms with E-state index < -0.39 is 12.0 Å². The number of rotatable bonds is 11. The fourth-order valence-electron chi connectivity index (χ4n) is 7.08. The van der Waals surface area contributed by atoms with Crippen molar-refractivity contribution in [3.8, 4) is 0 Å². The average Bonchev–Trinajstić information content (AvgIpc) is 3.57. The van der Waals surface area contributed by atoms with E-state index in [2.05, 4.69) is 47.1 Å². The molecule has 3 aliphatic rings. The smallest absolute Gasteiger partial charge is 0.320 e. The molecular formula is C34H42FN3O2S. The zero-order chi connectivity index (χ0) is 28.3. The fourth-order valence-corrected chi connectivity index (χ4v) is 8.44. The Morgan fingerprint density at radius 1 is 1.07 bits per heavy atom. The fraction of sp³-hybridized carbons (Fsp3) is 0.529. The van der Waals surface area contributed by atoms with Gasteiger partial charge in [0.15, 0.2) is 0 Å². The van der Waals surface area contributed by atoms with Crippen LogP contribution in [0.2, 0.25) is 0 Å². The molecule has 5 nitrogen and oxygen atoms in total. The molecule has 2 aromatic carbocycles. The number of carboxylic acids is 1. The molecule has 218 valence electrons. The van der Waals surface area contributed by atoms with Crippen molar-refractivity contribution in [2.45, 2.75) is 69.7 Å². The Bertz CT molecular complexity index is 1320. The SMILES string of the molecule is CCc1nc(Cc2ccccc2)sc1C1CCN(C[C@H]2CN([C@H](CC3CC3)C(=O)O)C[C@@H]2c2cccc(F)c2)CC1. The van der Waals surface area contributed by atoms with Crippen molar-refractivity contribution >= 4 is 17.3 Å². The van der Waals surface area contributed by atoms with Gasteiger partial charge in [-0.1, -0.05) is 62.2 Å². The summed E-state index contributed by atoms with van der Waals surface area (Å²) >= 11 is 1.91. The van der Waals surface area contributed by atoms with E-state index in [0.29, 0.717) is 24.3 Å². The third-order valence-corrected chi connectivity index (χ3v) is 10.7. The van der Waals surface area contributed by atoms with E-state index in [9.17, 15) is 14.3 Å². The molecule has 1 saturated carbocycles. The van der Waals surface area contributed by atoms with Crippen LogP contribution in [0, 0.1) is 17.7 Å². The molecule has 0 amide bonds. The van der Waals surface area contributed by atoms with Crippen molar-refractivity contribution in [3.05, 3.63) is 87.1 Å². The topological polar surface area (TPSA) is 56.7 Å². The molecule has 3 heterocycles. The highest BCUT2D eigenvalue weighted by molar-refractivity contribution is 7.11. The monoisotopic (exact) mass is 575 g/mol. The van der Waals surface area contributed by atoms with Crippen molar-refractivity contribution in [1.82, 2.24) is 14.8 Å². The van der Waals surface area contributed by atoms with E-state index in [1.54, 1.807) is 12.1 Å². The zero-order valence-corrected chi connectivity index (χ0v) is 24.9. The van der Waals surface area contributed by atoms with Crippen molar-refractivity contribution in [2.24, 2.45) is 11.8 Å². The number of hydrogen-bond donors (Lipinski definition) is 1. The Labute approximate surface area is 247 Å². The van der Waals surface area contributed by atoms with Gasteiger partial charge >= 0.3 is 5.97 Å². The lowest BCUT2D eigenvalue weighted by atomic mass is 9.87. The number of aromatic nitrogens is 1. The lowest BCUT2D eigenvalue weighted by Crippen LogP contribution is -2.41. The maximum Gasteiger partial charge on any atom is 0.320 e. The van der Waals surface area contributed by atoms with Crippen LogP contribution in [0.15, 0.2) is 54.6 Å². The molecule has 1 aliphatic carbocycles. The van der Waals surface area contributed by atoms with Crippen LogP contribution in [-0.4, -0.2) is 64.6 Å². The number of piperidine rings is 1. The first-order chi connectivity index (χ1) is 20.0. The van der Waals surface area contributed by atoms with Crippen LogP contribution in [0.25, 0.3) is 0 Å². The number of carboxylic acid groups (broad SMARTS) is 1. The first kappa shape index (κ1) is 28.5. The van der Waals surface area contributed by atoms with Crippen molar-refractivity contribution in [2.75, 3.05) is 32.7 Å². The highest BCUT2D eigenvalue weighted by atomic mass is 32.1. The Kier molecular flexibility index (Phi) is 8.84. The summed E-state index contributed by atoms with van der Waals surface area (Å²) in [7, 11) is 0. The molecule has 6 rings (SSSR count). The third kappa shape index (κ3) is 6.90. The largest absolute Gasteiger partial charge is 0.480 e. The lowest BCUT2D eigenvalue weighted by molar-refractivity contribution is -0.143. The second kappa shape index (κ2) is 12.7. The molecule has 41 heavy (non-hydrogen) atoms. The van der Waals surface area contributed by atoms with Gasteiger partial charge in [0.25, 0.3) is 0 Å². The predicted octanol–water partition coefficient (Wildman–Crippen LogP) is 6.58. The van der Waals surface area contributed by atoms with Crippen LogP contribution in [0.3, 0.4) is 0 Å². The number of hydrogen-bond acceptors (Lipinski definition) is 5. The second-order valence-corrected chi connectivity index (χ2v) is 13.5. The molecule has 3 atom stereocenters. The minimum Gasteiger partial charge on any atom is -0.480 e. The number of likely N-dealkylation sites (tertiary alicyclic amines) is 2. The highest BCUT2D eigenvalue weighted by Gasteiger charge is 2.42. The van der Waals surface area contributed by atoms with Crippen LogP contribution in [-0.2, 0) is 17.6 Å². The molecule has 2 aliphatic heterocycles. The van der Waals surface area contributed by atoms with Gasteiger partial charge in [-0.15, -0.1) is 11.3 Å².